The summed E-state index contributed by atoms with van der Waals surface area (Å²) in [7, 11) is 0. The molecule has 0 unspecified atom stereocenters. The summed E-state index contributed by atoms with van der Waals surface area (Å²) >= 11 is 0. The van der Waals surface area contributed by atoms with E-state index in [1.54, 1.807) is 0 Å². The van der Waals surface area contributed by atoms with E-state index in [0.29, 0.717) is 0 Å². The number of benzene rings is 2. The highest BCUT2D eigenvalue weighted by molar-refractivity contribution is 6.43. The summed E-state index contributed by atoms with van der Waals surface area (Å²) in [5.41, 5.74) is 10.8. The van der Waals surface area contributed by atoms with Gasteiger partial charge in [-0.15, -0.1) is 0 Å². The van der Waals surface area contributed by atoms with Crippen LogP contribution in [0, 0.1) is 0 Å². The van der Waals surface area contributed by atoms with Crippen LogP contribution in [0.25, 0.3) is 0 Å². The molecule has 2 rings (SSSR count). The van der Waals surface area contributed by atoms with E-state index in [-0.39, 0.29) is 0 Å². The maximum atomic E-state index is 5.68. The maximum absolute atomic E-state index is 5.68. The molecule has 0 aliphatic heterocycles. The molecule has 2 aromatic rings. The molecule has 0 saturated carbocycles. The number of rotatable bonds is 38. The summed E-state index contributed by atoms with van der Waals surface area (Å²) in [5, 5.41) is 0. The molecule has 0 saturated heterocycles. The van der Waals surface area contributed by atoms with Gasteiger partial charge in [0.05, 0.1) is 22.8 Å². The standard InChI is InChI=1S/C55H94N2/c1-7-13-19-21-22-23-24-25-26-27-28-29-35-41-55(57-53-46-50(38-32-17-11-5)43-51(47-53)39-33-18-12-6)54(40-34-20-14-8-2)56-52-44-48(36-30-15-9-3)42-49(45-52)37-31-16-10-4/h42-47H,7-41H2,1-6H3. The van der Waals surface area contributed by atoms with Crippen molar-refractivity contribution in [2.45, 2.75) is 266 Å². The van der Waals surface area contributed by atoms with Gasteiger partial charge in [-0.3, -0.25) is 9.98 Å². The Kier molecular flexibility index (Phi) is 31.9. The Morgan fingerprint density at radius 3 is 0.789 bits per heavy atom. The van der Waals surface area contributed by atoms with Gasteiger partial charge in [-0.2, -0.15) is 0 Å². The molecule has 0 atom stereocenters. The summed E-state index contributed by atoms with van der Waals surface area (Å²) in [6.07, 6.45) is 45.1. The molecule has 0 N–H and O–H groups in total. The molecule has 0 aromatic heterocycles. The number of unbranched alkanes of at least 4 members (excludes halogenated alkanes) is 23. The molecular weight excluding hydrogens is 689 g/mol. The number of aliphatic imine (C=N–C) groups is 2. The zero-order valence-electron chi connectivity index (χ0n) is 39.1. The molecular formula is C55H94N2. The summed E-state index contributed by atoms with van der Waals surface area (Å²) < 4.78 is 0. The van der Waals surface area contributed by atoms with E-state index >= 15 is 0 Å². The van der Waals surface area contributed by atoms with Crippen molar-refractivity contribution in [2.75, 3.05) is 0 Å². The predicted molar refractivity (Wildman–Crippen MR) is 259 cm³/mol. The van der Waals surface area contributed by atoms with E-state index in [2.05, 4.69) is 77.9 Å². The van der Waals surface area contributed by atoms with Crippen molar-refractivity contribution in [3.63, 3.8) is 0 Å². The van der Waals surface area contributed by atoms with Crippen molar-refractivity contribution in [1.29, 1.82) is 0 Å². The summed E-state index contributed by atoms with van der Waals surface area (Å²) in [5.74, 6) is 0. The Labute approximate surface area is 356 Å². The Balaban J connectivity index is 2.45. The summed E-state index contributed by atoms with van der Waals surface area (Å²) in [6.45, 7) is 13.9. The van der Waals surface area contributed by atoms with Crippen LogP contribution in [-0.2, 0) is 25.7 Å². The van der Waals surface area contributed by atoms with E-state index in [1.165, 1.54) is 231 Å². The van der Waals surface area contributed by atoms with E-state index in [0.717, 1.165) is 38.5 Å². The molecule has 0 bridgehead atoms. The van der Waals surface area contributed by atoms with Crippen LogP contribution in [0.4, 0.5) is 11.4 Å². The van der Waals surface area contributed by atoms with Crippen LogP contribution in [0.15, 0.2) is 46.4 Å². The van der Waals surface area contributed by atoms with Crippen LogP contribution in [0.2, 0.25) is 0 Å². The predicted octanol–water partition coefficient (Wildman–Crippen LogP) is 18.9. The lowest BCUT2D eigenvalue weighted by atomic mass is 9.98. The van der Waals surface area contributed by atoms with Crippen LogP contribution in [0.5, 0.6) is 0 Å². The minimum absolute atomic E-state index is 1.03. The second kappa shape index (κ2) is 35.7. The van der Waals surface area contributed by atoms with Crippen molar-refractivity contribution < 1.29 is 0 Å². The van der Waals surface area contributed by atoms with Crippen molar-refractivity contribution in [3.05, 3.63) is 58.7 Å². The summed E-state index contributed by atoms with van der Waals surface area (Å²) in [6, 6.07) is 14.7. The quantitative estimate of drug-likeness (QED) is 0.0479. The van der Waals surface area contributed by atoms with Gasteiger partial charge in [-0.1, -0.05) is 201 Å². The van der Waals surface area contributed by atoms with Gasteiger partial charge >= 0.3 is 0 Å². The largest absolute Gasteiger partial charge is 0.252 e. The fourth-order valence-electron chi connectivity index (χ4n) is 8.38. The van der Waals surface area contributed by atoms with E-state index in [1.807, 2.05) is 0 Å². The Bertz CT molecular complexity index is 1250. The first-order valence-corrected chi connectivity index (χ1v) is 25.5. The fourth-order valence-corrected chi connectivity index (χ4v) is 8.38. The molecule has 57 heavy (non-hydrogen) atoms. The lowest BCUT2D eigenvalue weighted by Gasteiger charge is -2.14. The Morgan fingerprint density at radius 2 is 0.509 bits per heavy atom. The van der Waals surface area contributed by atoms with Gasteiger partial charge in [-0.25, -0.2) is 0 Å². The minimum Gasteiger partial charge on any atom is -0.252 e. The highest BCUT2D eigenvalue weighted by Gasteiger charge is 2.13. The first-order chi connectivity index (χ1) is 28.1. The first kappa shape index (κ1) is 50.9. The topological polar surface area (TPSA) is 24.7 Å². The zero-order valence-corrected chi connectivity index (χ0v) is 39.1. The maximum Gasteiger partial charge on any atom is 0.0639 e. The molecule has 0 amide bonds. The lowest BCUT2D eigenvalue weighted by Crippen LogP contribution is -2.15. The van der Waals surface area contributed by atoms with Gasteiger partial charge in [0, 0.05) is 0 Å². The van der Waals surface area contributed by atoms with Crippen molar-refractivity contribution in [3.8, 4) is 0 Å². The number of nitrogens with zero attached hydrogens (tertiary/aromatic N) is 2. The van der Waals surface area contributed by atoms with Gasteiger partial charge in [0.1, 0.15) is 0 Å². The van der Waals surface area contributed by atoms with E-state index < -0.39 is 0 Å². The Hall–Kier alpha value is -2.22. The van der Waals surface area contributed by atoms with E-state index in [9.17, 15) is 0 Å². The third-order valence-electron chi connectivity index (χ3n) is 12.0. The second-order valence-corrected chi connectivity index (χ2v) is 17.8. The highest BCUT2D eigenvalue weighted by Crippen LogP contribution is 2.27. The molecule has 324 valence electrons. The Morgan fingerprint density at radius 1 is 0.281 bits per heavy atom. The molecule has 2 heteroatoms. The average molecular weight is 783 g/mol. The van der Waals surface area contributed by atoms with Crippen molar-refractivity contribution >= 4 is 22.8 Å². The van der Waals surface area contributed by atoms with Gasteiger partial charge < -0.3 is 0 Å². The highest BCUT2D eigenvalue weighted by atomic mass is 14.8. The van der Waals surface area contributed by atoms with Crippen LogP contribution < -0.4 is 0 Å². The number of hydrogen-bond donors (Lipinski definition) is 0. The van der Waals surface area contributed by atoms with Crippen LogP contribution >= 0.6 is 0 Å². The second-order valence-electron chi connectivity index (χ2n) is 17.8. The molecule has 0 heterocycles. The van der Waals surface area contributed by atoms with Crippen LogP contribution in [-0.4, -0.2) is 11.4 Å². The molecule has 0 aliphatic rings. The zero-order chi connectivity index (χ0) is 41.0. The average Bonchev–Trinajstić information content (AvgIpc) is 3.21. The molecule has 0 fully saturated rings. The first-order valence-electron chi connectivity index (χ1n) is 25.5. The van der Waals surface area contributed by atoms with Gasteiger partial charge in [0.25, 0.3) is 0 Å². The molecule has 0 aliphatic carbocycles. The lowest BCUT2D eigenvalue weighted by molar-refractivity contribution is 0.541. The van der Waals surface area contributed by atoms with Crippen molar-refractivity contribution in [1.82, 2.24) is 0 Å². The van der Waals surface area contributed by atoms with Gasteiger partial charge in [0.2, 0.25) is 0 Å². The monoisotopic (exact) mass is 783 g/mol. The molecule has 0 spiro atoms. The number of hydrogen-bond acceptors (Lipinski definition) is 2. The summed E-state index contributed by atoms with van der Waals surface area (Å²) in [4.78, 5) is 11.3. The van der Waals surface area contributed by atoms with E-state index in [4.69, 9.17) is 9.98 Å². The molecule has 2 nitrogen and oxygen atoms in total. The van der Waals surface area contributed by atoms with Crippen molar-refractivity contribution in [2.24, 2.45) is 9.98 Å². The van der Waals surface area contributed by atoms with Crippen LogP contribution in [0.3, 0.4) is 0 Å². The normalized spacial score (nSPS) is 12.2. The smallest absolute Gasteiger partial charge is 0.0639 e. The molecule has 2 aromatic carbocycles. The number of aryl methyl sites for hydroxylation is 4. The van der Waals surface area contributed by atoms with Gasteiger partial charge in [-0.05, 0) is 124 Å². The third kappa shape index (κ3) is 25.8. The SMILES string of the molecule is CCCCCCCCCCCCCCCC(=Nc1cc(CCCCC)cc(CCCCC)c1)C(CCCCCC)=Nc1cc(CCCCC)cc(CCCCC)c1. The van der Waals surface area contributed by atoms with Crippen LogP contribution in [0.1, 0.15) is 263 Å². The third-order valence-corrected chi connectivity index (χ3v) is 12.0. The minimum atomic E-state index is 1.03. The fraction of sp³-hybridized carbons (Fsp3) is 0.745. The molecule has 0 radical (unpaired) electrons. The van der Waals surface area contributed by atoms with Gasteiger partial charge in [0.15, 0.2) is 0 Å².